The van der Waals surface area contributed by atoms with E-state index in [0.29, 0.717) is 17.1 Å². The van der Waals surface area contributed by atoms with Gasteiger partial charge in [-0.3, -0.25) is 4.79 Å². The van der Waals surface area contributed by atoms with Crippen LogP contribution < -0.4 is 10.3 Å². The van der Waals surface area contributed by atoms with Gasteiger partial charge in [-0.05, 0) is 74.6 Å². The first-order chi connectivity index (χ1) is 15.2. The molecule has 0 saturated carbocycles. The summed E-state index contributed by atoms with van der Waals surface area (Å²) in [5, 5.41) is 4.79. The summed E-state index contributed by atoms with van der Waals surface area (Å²) in [6.07, 6.45) is 3.33. The fourth-order valence-electron chi connectivity index (χ4n) is 4.61. The summed E-state index contributed by atoms with van der Waals surface area (Å²) in [5.41, 5.74) is 5.41. The molecule has 1 N–H and O–H groups in total. The summed E-state index contributed by atoms with van der Waals surface area (Å²) >= 11 is 3.40. The van der Waals surface area contributed by atoms with Crippen LogP contribution in [0.2, 0.25) is 0 Å². The lowest BCUT2D eigenvalue weighted by Crippen LogP contribution is -2.48. The minimum atomic E-state index is -0.490. The smallest absolute Gasteiger partial charge is 0.307 e. The molecule has 1 aliphatic heterocycles. The van der Waals surface area contributed by atoms with Crippen LogP contribution in [0.1, 0.15) is 68.1 Å². The largest absolute Gasteiger partial charge is 0.451 e. The number of benzene rings is 2. The number of nitrogens with one attached hydrogen (secondary N) is 1. The van der Waals surface area contributed by atoms with Crippen molar-refractivity contribution in [3.63, 3.8) is 0 Å². The number of rotatable bonds is 5. The summed E-state index contributed by atoms with van der Waals surface area (Å²) in [6, 6.07) is 10.6. The second-order valence-electron chi connectivity index (χ2n) is 8.99. The van der Waals surface area contributed by atoms with Gasteiger partial charge in [-0.2, -0.15) is 5.10 Å². The standard InChI is InChI=1S/C25H27BrFN3O2/c1-5-8-30-21-12-20(27)17(10-19(21)15(2)13-25(30,3)4)14-28-29-24(31)23-11-16-9-18(26)6-7-22(16)32-23/h6-7,9-12,14-15H,5,8,13H2,1-4H3,(H,29,31)/b28-14+. The monoisotopic (exact) mass is 499 g/mol. The van der Waals surface area contributed by atoms with Crippen LogP contribution in [0.5, 0.6) is 0 Å². The van der Waals surface area contributed by atoms with Gasteiger partial charge in [-0.1, -0.05) is 29.8 Å². The highest BCUT2D eigenvalue weighted by atomic mass is 79.9. The zero-order chi connectivity index (χ0) is 23.0. The molecule has 1 aromatic heterocycles. The van der Waals surface area contributed by atoms with Crippen LogP contribution in [0.15, 0.2) is 50.4 Å². The van der Waals surface area contributed by atoms with Gasteiger partial charge >= 0.3 is 5.91 Å². The zero-order valence-corrected chi connectivity index (χ0v) is 20.3. The third-order valence-electron chi connectivity index (χ3n) is 6.02. The number of nitrogens with zero attached hydrogens (tertiary/aromatic N) is 2. The predicted molar refractivity (Wildman–Crippen MR) is 130 cm³/mol. The lowest BCUT2D eigenvalue weighted by atomic mass is 9.79. The maximum absolute atomic E-state index is 14.9. The molecule has 1 aliphatic rings. The van der Waals surface area contributed by atoms with Gasteiger partial charge in [-0.15, -0.1) is 0 Å². The third kappa shape index (κ3) is 4.31. The van der Waals surface area contributed by atoms with E-state index in [4.69, 9.17) is 4.42 Å². The Morgan fingerprint density at radius 3 is 2.88 bits per heavy atom. The van der Waals surface area contributed by atoms with Crippen LogP contribution in [0.25, 0.3) is 11.0 Å². The Bertz CT molecular complexity index is 1200. The van der Waals surface area contributed by atoms with Crippen LogP contribution >= 0.6 is 15.9 Å². The molecule has 5 nitrogen and oxygen atoms in total. The van der Waals surface area contributed by atoms with Crippen LogP contribution in [-0.2, 0) is 0 Å². The summed E-state index contributed by atoms with van der Waals surface area (Å²) in [5.74, 6) is -0.407. The molecule has 1 atom stereocenters. The fourth-order valence-corrected chi connectivity index (χ4v) is 4.99. The highest BCUT2D eigenvalue weighted by Crippen LogP contribution is 2.44. The molecule has 0 saturated heterocycles. The van der Waals surface area contributed by atoms with Crippen molar-refractivity contribution in [1.82, 2.24) is 5.43 Å². The average Bonchev–Trinajstić information content (AvgIpc) is 3.14. The second-order valence-corrected chi connectivity index (χ2v) is 9.91. The fraction of sp³-hybridized carbons (Fsp3) is 0.360. The van der Waals surface area contributed by atoms with E-state index >= 15 is 0 Å². The van der Waals surface area contributed by atoms with Gasteiger partial charge in [0.2, 0.25) is 0 Å². The first-order valence-electron chi connectivity index (χ1n) is 10.8. The number of anilines is 1. The number of hydrogen-bond donors (Lipinski definition) is 1. The molecule has 4 rings (SSSR count). The van der Waals surface area contributed by atoms with E-state index in [1.54, 1.807) is 18.2 Å². The van der Waals surface area contributed by atoms with Crippen molar-refractivity contribution in [1.29, 1.82) is 0 Å². The van der Waals surface area contributed by atoms with Crippen molar-refractivity contribution in [2.45, 2.75) is 52.0 Å². The molecular weight excluding hydrogens is 473 g/mol. The van der Waals surface area contributed by atoms with E-state index in [2.05, 4.69) is 59.1 Å². The quantitative estimate of drug-likeness (QED) is 0.317. The molecule has 1 unspecified atom stereocenters. The Kier molecular flexibility index (Phi) is 6.12. The van der Waals surface area contributed by atoms with Gasteiger partial charge in [0.1, 0.15) is 11.4 Å². The Balaban J connectivity index is 1.55. The topological polar surface area (TPSA) is 57.8 Å². The SMILES string of the molecule is CCCN1c2cc(F)c(/C=N/NC(=O)c3cc4cc(Br)ccc4o3)cc2C(C)CC1(C)C. The van der Waals surface area contributed by atoms with Crippen molar-refractivity contribution >= 4 is 44.7 Å². The van der Waals surface area contributed by atoms with E-state index < -0.39 is 5.91 Å². The first-order valence-corrected chi connectivity index (χ1v) is 11.6. The van der Waals surface area contributed by atoms with E-state index in [1.807, 2.05) is 18.2 Å². The van der Waals surface area contributed by atoms with Crippen molar-refractivity contribution < 1.29 is 13.6 Å². The summed E-state index contributed by atoms with van der Waals surface area (Å²) in [4.78, 5) is 14.7. The normalized spacial score (nSPS) is 17.7. The van der Waals surface area contributed by atoms with E-state index in [-0.39, 0.29) is 17.1 Å². The maximum atomic E-state index is 14.9. The number of fused-ring (bicyclic) bond motifs is 2. The van der Waals surface area contributed by atoms with Gasteiger partial charge in [0.15, 0.2) is 5.76 Å². The Morgan fingerprint density at radius 1 is 1.34 bits per heavy atom. The number of carbonyl (C=O) groups excluding carboxylic acids is 1. The van der Waals surface area contributed by atoms with Gasteiger partial charge in [0, 0.05) is 33.2 Å². The molecule has 0 radical (unpaired) electrons. The van der Waals surface area contributed by atoms with Gasteiger partial charge in [-0.25, -0.2) is 9.82 Å². The maximum Gasteiger partial charge on any atom is 0.307 e. The highest BCUT2D eigenvalue weighted by molar-refractivity contribution is 9.10. The number of hydrazone groups is 1. The van der Waals surface area contributed by atoms with Gasteiger partial charge in [0.25, 0.3) is 0 Å². The number of carbonyl (C=O) groups is 1. The lowest BCUT2D eigenvalue weighted by molar-refractivity contribution is 0.0929. The predicted octanol–water partition coefficient (Wildman–Crippen LogP) is 6.60. The third-order valence-corrected chi connectivity index (χ3v) is 6.52. The summed E-state index contributed by atoms with van der Waals surface area (Å²) < 4.78 is 21.4. The molecule has 3 aromatic rings. The van der Waals surface area contributed by atoms with Crippen molar-refractivity contribution in [3.8, 4) is 0 Å². The van der Waals surface area contributed by atoms with Crippen molar-refractivity contribution in [3.05, 3.63) is 63.6 Å². The molecular formula is C25H27BrFN3O2. The van der Waals surface area contributed by atoms with Crippen molar-refractivity contribution in [2.24, 2.45) is 5.10 Å². The zero-order valence-electron chi connectivity index (χ0n) is 18.7. The number of hydrogen-bond acceptors (Lipinski definition) is 4. The van der Waals surface area contributed by atoms with Gasteiger partial charge < -0.3 is 9.32 Å². The number of furan rings is 1. The van der Waals surface area contributed by atoms with Crippen molar-refractivity contribution in [2.75, 3.05) is 11.4 Å². The first kappa shape index (κ1) is 22.5. The minimum Gasteiger partial charge on any atom is -0.451 e. The van der Waals surface area contributed by atoms with Crippen LogP contribution in [0.4, 0.5) is 10.1 Å². The average molecular weight is 500 g/mol. The molecule has 168 valence electrons. The molecule has 2 aromatic carbocycles. The summed E-state index contributed by atoms with van der Waals surface area (Å²) in [6.45, 7) is 9.60. The van der Waals surface area contributed by atoms with Crippen LogP contribution in [0, 0.1) is 5.82 Å². The van der Waals surface area contributed by atoms with Gasteiger partial charge in [0.05, 0.1) is 6.21 Å². The number of amides is 1. The van der Waals surface area contributed by atoms with E-state index in [0.717, 1.165) is 40.5 Å². The molecule has 0 aliphatic carbocycles. The molecule has 2 heterocycles. The molecule has 0 fully saturated rings. The molecule has 0 spiro atoms. The van der Waals surface area contributed by atoms with Crippen LogP contribution in [-0.4, -0.2) is 24.2 Å². The van der Waals surface area contributed by atoms with E-state index in [9.17, 15) is 9.18 Å². The molecule has 1 amide bonds. The Morgan fingerprint density at radius 2 is 2.12 bits per heavy atom. The molecule has 7 heteroatoms. The highest BCUT2D eigenvalue weighted by Gasteiger charge is 2.36. The lowest BCUT2D eigenvalue weighted by Gasteiger charge is -2.47. The second kappa shape index (κ2) is 8.70. The summed E-state index contributed by atoms with van der Waals surface area (Å²) in [7, 11) is 0. The minimum absolute atomic E-state index is 0.0272. The van der Waals surface area contributed by atoms with E-state index in [1.165, 1.54) is 6.21 Å². The number of halogens is 2. The Labute approximate surface area is 195 Å². The molecule has 32 heavy (non-hydrogen) atoms. The van der Waals surface area contributed by atoms with Crippen LogP contribution in [0.3, 0.4) is 0 Å². The molecule has 0 bridgehead atoms. The Hall–Kier alpha value is -2.67.